The number of thiazole rings is 1. The molecule has 0 spiro atoms. The number of carbonyl (C=O) groups excluding carboxylic acids is 2. The molecule has 0 aliphatic heterocycles. The number of amides is 2. The van der Waals surface area contributed by atoms with E-state index in [1.54, 1.807) is 35.9 Å². The van der Waals surface area contributed by atoms with Gasteiger partial charge >= 0.3 is 0 Å². The summed E-state index contributed by atoms with van der Waals surface area (Å²) in [7, 11) is 4.91. The fourth-order valence-corrected chi connectivity index (χ4v) is 3.66. The standard InChI is InChI=1S/C19H22N4O3S/c1-12(9-17(24)20-2)22(3)18(25)15-11-27-19-21-14(10-23(15)19)13-7-5-6-8-16(13)26-4/h5-8,10-12H,9H2,1-4H3,(H,20,24)/t12-/m0/s1. The van der Waals surface area contributed by atoms with E-state index in [-0.39, 0.29) is 24.3 Å². The van der Waals surface area contributed by atoms with Gasteiger partial charge in [-0.05, 0) is 19.1 Å². The number of carbonyl (C=O) groups is 2. The van der Waals surface area contributed by atoms with Gasteiger partial charge in [0.1, 0.15) is 11.4 Å². The Kier molecular flexibility index (Phi) is 5.46. The molecule has 0 fully saturated rings. The highest BCUT2D eigenvalue weighted by Gasteiger charge is 2.23. The maximum atomic E-state index is 12.9. The van der Waals surface area contributed by atoms with Crippen LogP contribution in [0.4, 0.5) is 0 Å². The monoisotopic (exact) mass is 386 g/mol. The van der Waals surface area contributed by atoms with E-state index in [0.717, 1.165) is 22.0 Å². The van der Waals surface area contributed by atoms with Crippen molar-refractivity contribution in [3.63, 3.8) is 0 Å². The number of aromatic nitrogens is 2. The van der Waals surface area contributed by atoms with Gasteiger partial charge in [0.2, 0.25) is 5.91 Å². The molecule has 0 aliphatic carbocycles. The first-order valence-electron chi connectivity index (χ1n) is 8.54. The molecule has 0 unspecified atom stereocenters. The molecule has 7 nitrogen and oxygen atoms in total. The van der Waals surface area contributed by atoms with E-state index in [2.05, 4.69) is 10.3 Å². The lowest BCUT2D eigenvalue weighted by atomic mass is 10.1. The maximum absolute atomic E-state index is 12.9. The van der Waals surface area contributed by atoms with Gasteiger partial charge in [0.15, 0.2) is 4.96 Å². The molecule has 1 atom stereocenters. The molecule has 3 aromatic rings. The van der Waals surface area contributed by atoms with E-state index in [1.807, 2.05) is 37.4 Å². The summed E-state index contributed by atoms with van der Waals surface area (Å²) in [5.74, 6) is 0.479. The van der Waals surface area contributed by atoms with Crippen LogP contribution in [0.15, 0.2) is 35.8 Å². The Balaban J connectivity index is 1.91. The fraction of sp³-hybridized carbons (Fsp3) is 0.316. The van der Waals surface area contributed by atoms with Crippen molar-refractivity contribution in [1.29, 1.82) is 0 Å². The molecule has 2 heterocycles. The van der Waals surface area contributed by atoms with E-state index < -0.39 is 0 Å². The topological polar surface area (TPSA) is 75.9 Å². The van der Waals surface area contributed by atoms with Crippen molar-refractivity contribution in [3.05, 3.63) is 41.5 Å². The molecule has 0 saturated carbocycles. The van der Waals surface area contributed by atoms with Crippen LogP contribution in [0.5, 0.6) is 5.75 Å². The molecular formula is C19H22N4O3S. The third-order valence-corrected chi connectivity index (χ3v) is 5.39. The lowest BCUT2D eigenvalue weighted by Crippen LogP contribution is -2.38. The van der Waals surface area contributed by atoms with Crippen LogP contribution >= 0.6 is 11.3 Å². The third-order valence-electron chi connectivity index (χ3n) is 4.55. The average molecular weight is 386 g/mol. The van der Waals surface area contributed by atoms with Gasteiger partial charge in [-0.15, -0.1) is 11.3 Å². The van der Waals surface area contributed by atoms with Gasteiger partial charge in [-0.1, -0.05) is 12.1 Å². The zero-order valence-corrected chi connectivity index (χ0v) is 16.5. The largest absolute Gasteiger partial charge is 0.496 e. The Morgan fingerprint density at radius 3 is 2.81 bits per heavy atom. The number of para-hydroxylation sites is 1. The highest BCUT2D eigenvalue weighted by atomic mass is 32.1. The zero-order chi connectivity index (χ0) is 19.6. The summed E-state index contributed by atoms with van der Waals surface area (Å²) in [6, 6.07) is 7.42. The first-order chi connectivity index (χ1) is 13.0. The molecule has 2 amide bonds. The van der Waals surface area contributed by atoms with Gasteiger partial charge in [0.05, 0.1) is 12.8 Å². The lowest BCUT2D eigenvalue weighted by molar-refractivity contribution is -0.121. The van der Waals surface area contributed by atoms with Gasteiger partial charge < -0.3 is 15.0 Å². The minimum Gasteiger partial charge on any atom is -0.496 e. The summed E-state index contributed by atoms with van der Waals surface area (Å²) in [5, 5.41) is 4.38. The van der Waals surface area contributed by atoms with Crippen LogP contribution in [0.1, 0.15) is 23.8 Å². The molecule has 3 rings (SSSR count). The van der Waals surface area contributed by atoms with Crippen molar-refractivity contribution in [1.82, 2.24) is 19.6 Å². The van der Waals surface area contributed by atoms with Crippen LogP contribution in [0, 0.1) is 0 Å². The van der Waals surface area contributed by atoms with E-state index in [1.165, 1.54) is 11.3 Å². The molecule has 2 aromatic heterocycles. The number of hydrogen-bond donors (Lipinski definition) is 1. The summed E-state index contributed by atoms with van der Waals surface area (Å²) in [6.07, 6.45) is 2.09. The number of rotatable bonds is 6. The minimum atomic E-state index is -0.218. The Labute approximate surface area is 161 Å². The van der Waals surface area contributed by atoms with Crippen LogP contribution in [0.2, 0.25) is 0 Å². The van der Waals surface area contributed by atoms with E-state index >= 15 is 0 Å². The second-order valence-corrected chi connectivity index (χ2v) is 7.08. The van der Waals surface area contributed by atoms with Crippen LogP contribution in [-0.4, -0.2) is 53.3 Å². The number of nitrogens with one attached hydrogen (secondary N) is 1. The van der Waals surface area contributed by atoms with E-state index in [9.17, 15) is 9.59 Å². The predicted molar refractivity (Wildman–Crippen MR) is 105 cm³/mol. The molecule has 0 bridgehead atoms. The summed E-state index contributed by atoms with van der Waals surface area (Å²) in [4.78, 5) is 31.5. The van der Waals surface area contributed by atoms with Crippen molar-refractivity contribution in [2.45, 2.75) is 19.4 Å². The molecule has 0 aliphatic rings. The van der Waals surface area contributed by atoms with Crippen molar-refractivity contribution in [3.8, 4) is 17.0 Å². The summed E-state index contributed by atoms with van der Waals surface area (Å²) >= 11 is 1.40. The van der Waals surface area contributed by atoms with Crippen molar-refractivity contribution in [2.24, 2.45) is 0 Å². The molecule has 0 radical (unpaired) electrons. The molecule has 142 valence electrons. The van der Waals surface area contributed by atoms with Gasteiger partial charge in [-0.2, -0.15) is 0 Å². The first kappa shape index (κ1) is 18.9. The summed E-state index contributed by atoms with van der Waals surface area (Å²) in [6.45, 7) is 1.85. The van der Waals surface area contributed by atoms with Crippen LogP contribution in [0.25, 0.3) is 16.2 Å². The van der Waals surface area contributed by atoms with Gasteiger partial charge in [0, 0.05) is 43.7 Å². The van der Waals surface area contributed by atoms with Crippen molar-refractivity contribution < 1.29 is 14.3 Å². The number of nitrogens with zero attached hydrogens (tertiary/aromatic N) is 3. The summed E-state index contributed by atoms with van der Waals surface area (Å²) in [5.41, 5.74) is 2.14. The molecule has 27 heavy (non-hydrogen) atoms. The van der Waals surface area contributed by atoms with E-state index in [4.69, 9.17) is 4.74 Å². The number of hydrogen-bond acceptors (Lipinski definition) is 5. The molecule has 1 N–H and O–H groups in total. The average Bonchev–Trinajstić information content (AvgIpc) is 3.27. The molecule has 1 aromatic carbocycles. The Morgan fingerprint density at radius 2 is 2.11 bits per heavy atom. The Bertz CT molecular complexity index is 978. The highest BCUT2D eigenvalue weighted by Crippen LogP contribution is 2.31. The second-order valence-electron chi connectivity index (χ2n) is 6.24. The minimum absolute atomic E-state index is 0.0984. The zero-order valence-electron chi connectivity index (χ0n) is 15.7. The van der Waals surface area contributed by atoms with Gasteiger partial charge in [-0.3, -0.25) is 14.0 Å². The van der Waals surface area contributed by atoms with Crippen LogP contribution < -0.4 is 10.1 Å². The molecule has 0 saturated heterocycles. The van der Waals surface area contributed by atoms with Crippen LogP contribution in [-0.2, 0) is 4.79 Å². The Morgan fingerprint density at radius 1 is 1.37 bits per heavy atom. The van der Waals surface area contributed by atoms with E-state index in [0.29, 0.717) is 5.69 Å². The quantitative estimate of drug-likeness (QED) is 0.707. The second kappa shape index (κ2) is 7.79. The predicted octanol–water partition coefficient (Wildman–Crippen LogP) is 2.67. The first-order valence-corrected chi connectivity index (χ1v) is 9.42. The number of imidazole rings is 1. The number of benzene rings is 1. The smallest absolute Gasteiger partial charge is 0.271 e. The highest BCUT2D eigenvalue weighted by molar-refractivity contribution is 7.15. The summed E-state index contributed by atoms with van der Waals surface area (Å²) < 4.78 is 7.20. The van der Waals surface area contributed by atoms with Crippen LogP contribution in [0.3, 0.4) is 0 Å². The van der Waals surface area contributed by atoms with Gasteiger partial charge in [-0.25, -0.2) is 4.98 Å². The molecule has 8 heteroatoms. The Hall–Kier alpha value is -2.87. The van der Waals surface area contributed by atoms with Crippen molar-refractivity contribution >= 4 is 28.1 Å². The van der Waals surface area contributed by atoms with Gasteiger partial charge in [0.25, 0.3) is 5.91 Å². The van der Waals surface area contributed by atoms with Crippen molar-refractivity contribution in [2.75, 3.05) is 21.2 Å². The maximum Gasteiger partial charge on any atom is 0.271 e. The lowest BCUT2D eigenvalue weighted by Gasteiger charge is -2.24. The molecular weight excluding hydrogens is 364 g/mol. The number of methoxy groups -OCH3 is 1. The number of fused-ring (bicyclic) bond motifs is 1. The SMILES string of the molecule is CNC(=O)C[C@H](C)N(C)C(=O)c1csc2nc(-c3ccccc3OC)cn12. The third kappa shape index (κ3) is 3.66. The normalized spacial score (nSPS) is 12.0. The fourth-order valence-electron chi connectivity index (χ4n) is 2.81. The number of ether oxygens (including phenoxy) is 1.